The van der Waals surface area contributed by atoms with Crippen molar-refractivity contribution in [2.75, 3.05) is 5.75 Å². The Morgan fingerprint density at radius 1 is 1.22 bits per heavy atom. The summed E-state index contributed by atoms with van der Waals surface area (Å²) in [5.74, 6) is 0.630. The van der Waals surface area contributed by atoms with E-state index in [1.807, 2.05) is 6.92 Å². The Bertz CT molecular complexity index is 973. The van der Waals surface area contributed by atoms with Crippen LogP contribution in [0.3, 0.4) is 0 Å². The van der Waals surface area contributed by atoms with E-state index >= 15 is 0 Å². The van der Waals surface area contributed by atoms with Crippen LogP contribution in [0.5, 0.6) is 0 Å². The third kappa shape index (κ3) is 5.01. The molecule has 0 N–H and O–H groups in total. The first kappa shape index (κ1) is 21.7. The normalized spacial score (nSPS) is 14.6. The summed E-state index contributed by atoms with van der Waals surface area (Å²) < 4.78 is 61.3. The quantitative estimate of drug-likeness (QED) is 0.505. The van der Waals surface area contributed by atoms with Gasteiger partial charge in [0.25, 0.3) is 0 Å². The molecular formula is C18H20F3NO3S2. The zero-order valence-electron chi connectivity index (χ0n) is 15.6. The summed E-state index contributed by atoms with van der Waals surface area (Å²) in [6.45, 7) is 8.45. The second-order valence-corrected chi connectivity index (χ2v) is 9.97. The van der Waals surface area contributed by atoms with Crippen molar-refractivity contribution in [2.45, 2.75) is 50.6 Å². The number of nitrogens with zero attached hydrogens (tertiary/aromatic N) is 1. The van der Waals surface area contributed by atoms with Crippen molar-refractivity contribution in [3.05, 3.63) is 39.5 Å². The van der Waals surface area contributed by atoms with E-state index in [1.165, 1.54) is 24.8 Å². The van der Waals surface area contributed by atoms with Crippen LogP contribution in [0.2, 0.25) is 0 Å². The summed E-state index contributed by atoms with van der Waals surface area (Å²) in [7, 11) is -1.67. The molecule has 0 aliphatic heterocycles. The lowest BCUT2D eigenvalue weighted by Gasteiger charge is -2.15. The minimum atomic E-state index is -4.64. The average Bonchev–Trinajstić information content (AvgIpc) is 2.52. The first-order valence-corrected chi connectivity index (χ1v) is 10.2. The van der Waals surface area contributed by atoms with Gasteiger partial charge < -0.3 is 4.42 Å². The first-order valence-electron chi connectivity index (χ1n) is 8.14. The predicted octanol–water partition coefficient (Wildman–Crippen LogP) is 5.20. The van der Waals surface area contributed by atoms with Gasteiger partial charge in [-0.1, -0.05) is 18.7 Å². The van der Waals surface area contributed by atoms with Crippen LogP contribution >= 0.6 is 11.8 Å². The second kappa shape index (κ2) is 7.79. The molecular weight excluding hydrogens is 399 g/mol. The monoisotopic (exact) mass is 419 g/mol. The van der Waals surface area contributed by atoms with E-state index in [0.717, 1.165) is 12.1 Å². The molecule has 0 saturated carbocycles. The van der Waals surface area contributed by atoms with E-state index in [2.05, 4.69) is 4.40 Å². The van der Waals surface area contributed by atoms with Crippen molar-refractivity contribution in [1.82, 2.24) is 0 Å². The molecule has 9 heteroatoms. The van der Waals surface area contributed by atoms with Gasteiger partial charge in [0.2, 0.25) is 0 Å². The number of alkyl halides is 3. The van der Waals surface area contributed by atoms with Crippen LogP contribution in [0.25, 0.3) is 11.0 Å². The van der Waals surface area contributed by atoms with Crippen molar-refractivity contribution < 1.29 is 21.8 Å². The van der Waals surface area contributed by atoms with Crippen LogP contribution in [0, 0.1) is 0 Å². The molecule has 1 heterocycles. The summed E-state index contributed by atoms with van der Waals surface area (Å²) in [4.78, 5) is 12.4. The molecule has 4 nitrogen and oxygen atoms in total. The second-order valence-electron chi connectivity index (χ2n) is 6.80. The van der Waals surface area contributed by atoms with Crippen molar-refractivity contribution in [3.63, 3.8) is 0 Å². The Morgan fingerprint density at radius 3 is 2.37 bits per heavy atom. The zero-order chi connectivity index (χ0) is 20.6. The van der Waals surface area contributed by atoms with Crippen LogP contribution < -0.4 is 5.43 Å². The van der Waals surface area contributed by atoms with Gasteiger partial charge in [0.1, 0.15) is 16.6 Å². The number of thioether (sulfide) groups is 1. The third-order valence-electron chi connectivity index (χ3n) is 3.55. The van der Waals surface area contributed by atoms with Gasteiger partial charge in [0.05, 0.1) is 21.4 Å². The molecule has 0 fully saturated rings. The molecule has 1 aromatic heterocycles. The minimum Gasteiger partial charge on any atom is -0.449 e. The van der Waals surface area contributed by atoms with Crippen LogP contribution in [-0.4, -0.2) is 20.4 Å². The van der Waals surface area contributed by atoms with E-state index in [-0.39, 0.29) is 22.2 Å². The molecule has 1 aromatic carbocycles. The lowest BCUT2D eigenvalue weighted by atomic mass is 10.0. The number of fused-ring (bicyclic) bond motifs is 1. The Hall–Kier alpha value is -1.61. The highest BCUT2D eigenvalue weighted by atomic mass is 32.2. The van der Waals surface area contributed by atoms with Gasteiger partial charge in [-0.2, -0.15) is 17.6 Å². The Balaban J connectivity index is 2.83. The number of halogens is 3. The Morgan fingerprint density at radius 2 is 1.85 bits per heavy atom. The molecule has 0 spiro atoms. The van der Waals surface area contributed by atoms with Crippen molar-refractivity contribution in [2.24, 2.45) is 4.40 Å². The summed E-state index contributed by atoms with van der Waals surface area (Å²) in [5, 5.41) is 0.122. The van der Waals surface area contributed by atoms with E-state index in [9.17, 15) is 22.2 Å². The maximum atomic E-state index is 13.3. The smallest absolute Gasteiger partial charge is 0.416 e. The Kier molecular flexibility index (Phi) is 6.26. The van der Waals surface area contributed by atoms with E-state index in [4.69, 9.17) is 4.42 Å². The molecule has 0 aliphatic carbocycles. The molecule has 27 heavy (non-hydrogen) atoms. The highest BCUT2D eigenvalue weighted by Gasteiger charge is 2.32. The predicted molar refractivity (Wildman–Crippen MR) is 104 cm³/mol. The van der Waals surface area contributed by atoms with Gasteiger partial charge in [-0.15, -0.1) is 0 Å². The molecule has 0 radical (unpaired) electrons. The molecule has 2 aromatic rings. The SMILES string of the molecule is CCSc1cc(=O)c2cc(C(F)(F)F)cc(C(C)=NS(=O)C(C)(C)C)c2o1. The lowest BCUT2D eigenvalue weighted by Crippen LogP contribution is -2.21. The number of hydrogen-bond acceptors (Lipinski definition) is 4. The van der Waals surface area contributed by atoms with Crippen LogP contribution in [0.15, 0.2) is 36.9 Å². The van der Waals surface area contributed by atoms with Gasteiger partial charge in [0, 0.05) is 11.6 Å². The van der Waals surface area contributed by atoms with E-state index in [1.54, 1.807) is 20.8 Å². The van der Waals surface area contributed by atoms with Crippen LogP contribution in [0.4, 0.5) is 13.2 Å². The van der Waals surface area contributed by atoms with Gasteiger partial charge in [0.15, 0.2) is 10.5 Å². The highest BCUT2D eigenvalue weighted by Crippen LogP contribution is 2.34. The van der Waals surface area contributed by atoms with Gasteiger partial charge in [-0.05, 0) is 45.6 Å². The minimum absolute atomic E-state index is 0.00748. The largest absolute Gasteiger partial charge is 0.449 e. The van der Waals surface area contributed by atoms with Crippen LogP contribution in [0.1, 0.15) is 45.7 Å². The van der Waals surface area contributed by atoms with E-state index in [0.29, 0.717) is 10.8 Å². The molecule has 0 bridgehead atoms. The highest BCUT2D eigenvalue weighted by molar-refractivity contribution is 7.99. The maximum Gasteiger partial charge on any atom is 0.416 e. The van der Waals surface area contributed by atoms with Crippen molar-refractivity contribution in [3.8, 4) is 0 Å². The standard InChI is InChI=1S/C18H20F3NO3S2/c1-6-26-15-9-14(23)13-8-11(18(19,20)21)7-12(16(13)25-15)10(2)22-27(24)17(3,4)5/h7-9H,6H2,1-5H3. The molecule has 2 rings (SSSR count). The molecule has 148 valence electrons. The van der Waals surface area contributed by atoms with Gasteiger partial charge >= 0.3 is 6.18 Å². The molecule has 0 aliphatic rings. The number of benzene rings is 1. The fourth-order valence-corrected chi connectivity index (χ4v) is 3.43. The third-order valence-corrected chi connectivity index (χ3v) is 5.82. The lowest BCUT2D eigenvalue weighted by molar-refractivity contribution is -0.137. The fraction of sp³-hybridized carbons (Fsp3) is 0.444. The van der Waals surface area contributed by atoms with Crippen LogP contribution in [-0.2, 0) is 17.2 Å². The molecule has 0 amide bonds. The number of rotatable bonds is 4. The van der Waals surface area contributed by atoms with Gasteiger partial charge in [-0.25, -0.2) is 4.21 Å². The van der Waals surface area contributed by atoms with Crippen molar-refractivity contribution >= 4 is 39.4 Å². The molecule has 0 saturated heterocycles. The summed E-state index contributed by atoms with van der Waals surface area (Å²) in [5.41, 5.74) is -1.42. The Labute approximate surface area is 161 Å². The van der Waals surface area contributed by atoms with Gasteiger partial charge in [-0.3, -0.25) is 4.79 Å². The van der Waals surface area contributed by atoms with E-state index < -0.39 is 32.9 Å². The zero-order valence-corrected chi connectivity index (χ0v) is 17.2. The number of hydrogen-bond donors (Lipinski definition) is 0. The fourth-order valence-electron chi connectivity index (χ4n) is 2.19. The van der Waals surface area contributed by atoms with Crippen molar-refractivity contribution in [1.29, 1.82) is 0 Å². The maximum absolute atomic E-state index is 13.3. The summed E-state index contributed by atoms with van der Waals surface area (Å²) >= 11 is 1.26. The summed E-state index contributed by atoms with van der Waals surface area (Å²) in [6, 6.07) is 2.84. The average molecular weight is 419 g/mol. The molecule has 1 atom stereocenters. The topological polar surface area (TPSA) is 59.6 Å². The summed E-state index contributed by atoms with van der Waals surface area (Å²) in [6.07, 6.45) is -4.64. The first-order chi connectivity index (χ1) is 12.3. The molecule has 1 unspecified atom stereocenters.